The topological polar surface area (TPSA) is 44.8 Å². The van der Waals surface area contributed by atoms with Crippen molar-refractivity contribution in [2.45, 2.75) is 51.7 Å². The predicted octanol–water partition coefficient (Wildman–Crippen LogP) is 4.52. The molecule has 2 atom stereocenters. The summed E-state index contributed by atoms with van der Waals surface area (Å²) in [6.45, 7) is 8.22. The molecule has 0 saturated carbocycles. The highest BCUT2D eigenvalue weighted by molar-refractivity contribution is 7.08. The van der Waals surface area contributed by atoms with Crippen LogP contribution in [0, 0.1) is 11.8 Å². The zero-order chi connectivity index (χ0) is 18.9. The molecule has 1 aromatic rings. The highest BCUT2D eigenvalue weighted by Crippen LogP contribution is 2.40. The van der Waals surface area contributed by atoms with E-state index < -0.39 is 7.12 Å². The fraction of sp³-hybridized carbons (Fsp3) is 0.550. The van der Waals surface area contributed by atoms with Crippen LogP contribution in [0.3, 0.4) is 0 Å². The van der Waals surface area contributed by atoms with Gasteiger partial charge in [0.25, 0.3) is 0 Å². The van der Waals surface area contributed by atoms with Crippen LogP contribution in [0.2, 0.25) is 0 Å². The van der Waals surface area contributed by atoms with E-state index in [1.165, 1.54) is 7.11 Å². The zero-order valence-electron chi connectivity index (χ0n) is 16.2. The molecule has 2 heterocycles. The number of hydrogen-bond acceptors (Lipinski definition) is 5. The molecule has 6 heteroatoms. The van der Waals surface area contributed by atoms with Crippen molar-refractivity contribution in [2.75, 3.05) is 7.11 Å². The SMILES string of the molecule is COC(=O)[C@@H]1CC=C[C@@H](/C(=C\B2OC(C)(C)C(C)(C)O2)c2ccsc2)C1. The molecule has 0 radical (unpaired) electrons. The van der Waals surface area contributed by atoms with Gasteiger partial charge in [0.1, 0.15) is 0 Å². The monoisotopic (exact) mass is 374 g/mol. The van der Waals surface area contributed by atoms with Gasteiger partial charge in [0.05, 0.1) is 24.2 Å². The molecule has 4 nitrogen and oxygen atoms in total. The molecule has 1 saturated heterocycles. The molecule has 1 fully saturated rings. The van der Waals surface area contributed by atoms with Gasteiger partial charge in [-0.15, -0.1) is 0 Å². The van der Waals surface area contributed by atoms with Crippen LogP contribution in [-0.2, 0) is 18.8 Å². The second-order valence-electron chi connectivity index (χ2n) is 7.98. The molecular formula is C20H27BO4S. The van der Waals surface area contributed by atoms with Crippen molar-refractivity contribution in [2.24, 2.45) is 11.8 Å². The van der Waals surface area contributed by atoms with Crippen molar-refractivity contribution < 1.29 is 18.8 Å². The molecule has 0 unspecified atom stereocenters. The van der Waals surface area contributed by atoms with Gasteiger partial charge in [-0.05, 0) is 74.5 Å². The molecule has 0 bridgehead atoms. The van der Waals surface area contributed by atoms with Gasteiger partial charge in [0.2, 0.25) is 0 Å². The summed E-state index contributed by atoms with van der Waals surface area (Å²) in [7, 11) is 1.05. The van der Waals surface area contributed by atoms with Gasteiger partial charge in [0, 0.05) is 5.92 Å². The van der Waals surface area contributed by atoms with Gasteiger partial charge < -0.3 is 14.0 Å². The number of carbonyl (C=O) groups excluding carboxylic acids is 1. The molecule has 2 aliphatic rings. The summed E-state index contributed by atoms with van der Waals surface area (Å²) in [5, 5.41) is 4.20. The number of hydrogen-bond donors (Lipinski definition) is 0. The first-order chi connectivity index (χ1) is 12.2. The summed E-state index contributed by atoms with van der Waals surface area (Å²) < 4.78 is 17.3. The molecule has 0 amide bonds. The number of esters is 1. The molecule has 0 aromatic carbocycles. The lowest BCUT2D eigenvalue weighted by molar-refractivity contribution is -0.145. The van der Waals surface area contributed by atoms with Crippen LogP contribution in [0.4, 0.5) is 0 Å². The van der Waals surface area contributed by atoms with Gasteiger partial charge in [-0.25, -0.2) is 0 Å². The predicted molar refractivity (Wildman–Crippen MR) is 106 cm³/mol. The third-order valence-electron chi connectivity index (χ3n) is 5.70. The minimum absolute atomic E-state index is 0.102. The number of thiophene rings is 1. The van der Waals surface area contributed by atoms with Gasteiger partial charge in [0.15, 0.2) is 0 Å². The van der Waals surface area contributed by atoms with E-state index in [1.54, 1.807) is 11.3 Å². The van der Waals surface area contributed by atoms with Crippen molar-refractivity contribution in [3.63, 3.8) is 0 Å². The Kier molecular flexibility index (Phi) is 5.47. The van der Waals surface area contributed by atoms with Crippen molar-refractivity contribution in [1.82, 2.24) is 0 Å². The Labute approximate surface area is 160 Å². The van der Waals surface area contributed by atoms with Gasteiger partial charge >= 0.3 is 13.1 Å². The maximum Gasteiger partial charge on any atom is 0.487 e. The van der Waals surface area contributed by atoms with Gasteiger partial charge in [-0.1, -0.05) is 12.2 Å². The second-order valence-corrected chi connectivity index (χ2v) is 8.76. The van der Waals surface area contributed by atoms with E-state index in [1.807, 2.05) is 0 Å². The molecule has 140 valence electrons. The maximum atomic E-state index is 12.0. The smallest absolute Gasteiger partial charge is 0.469 e. The Morgan fingerprint density at radius 3 is 2.58 bits per heavy atom. The summed E-state index contributed by atoms with van der Waals surface area (Å²) >= 11 is 1.66. The van der Waals surface area contributed by atoms with E-state index in [0.29, 0.717) is 0 Å². The number of rotatable bonds is 4. The van der Waals surface area contributed by atoms with E-state index in [4.69, 9.17) is 14.0 Å². The lowest BCUT2D eigenvalue weighted by atomic mass is 9.75. The molecule has 3 rings (SSSR count). The van der Waals surface area contributed by atoms with Crippen LogP contribution < -0.4 is 0 Å². The molecule has 1 aromatic heterocycles. The lowest BCUT2D eigenvalue weighted by Crippen LogP contribution is -2.41. The Morgan fingerprint density at radius 1 is 1.31 bits per heavy atom. The lowest BCUT2D eigenvalue weighted by Gasteiger charge is -2.32. The van der Waals surface area contributed by atoms with Gasteiger partial charge in [-0.3, -0.25) is 4.79 Å². The van der Waals surface area contributed by atoms with E-state index >= 15 is 0 Å². The number of methoxy groups -OCH3 is 1. The number of carbonyl (C=O) groups is 1. The van der Waals surface area contributed by atoms with E-state index in [0.717, 1.165) is 24.0 Å². The van der Waals surface area contributed by atoms with Crippen molar-refractivity contribution in [1.29, 1.82) is 0 Å². The summed E-state index contributed by atoms with van der Waals surface area (Å²) in [5.74, 6) is 1.98. The normalized spacial score (nSPS) is 27.6. The summed E-state index contributed by atoms with van der Waals surface area (Å²) in [6.07, 6.45) is 5.75. The van der Waals surface area contributed by atoms with E-state index in [9.17, 15) is 4.79 Å². The average Bonchev–Trinajstić information content (AvgIpc) is 3.18. The van der Waals surface area contributed by atoms with Crippen molar-refractivity contribution >= 4 is 30.0 Å². The fourth-order valence-corrected chi connectivity index (χ4v) is 4.11. The van der Waals surface area contributed by atoms with Crippen LogP contribution in [0.1, 0.15) is 46.1 Å². The molecule has 1 aliphatic heterocycles. The minimum Gasteiger partial charge on any atom is -0.469 e. The van der Waals surface area contributed by atoms with Crippen LogP contribution in [0.25, 0.3) is 5.57 Å². The third kappa shape index (κ3) is 3.82. The molecule has 1 aliphatic carbocycles. The Hall–Kier alpha value is -1.37. The van der Waals surface area contributed by atoms with Crippen LogP contribution in [0.5, 0.6) is 0 Å². The highest BCUT2D eigenvalue weighted by atomic mass is 32.1. The van der Waals surface area contributed by atoms with Crippen molar-refractivity contribution in [3.05, 3.63) is 40.5 Å². The quantitative estimate of drug-likeness (QED) is 0.442. The average molecular weight is 374 g/mol. The highest BCUT2D eigenvalue weighted by Gasteiger charge is 2.50. The molecule has 26 heavy (non-hydrogen) atoms. The number of allylic oxidation sites excluding steroid dienone is 3. The Morgan fingerprint density at radius 2 is 2.00 bits per heavy atom. The first-order valence-electron chi connectivity index (χ1n) is 9.08. The summed E-state index contributed by atoms with van der Waals surface area (Å²) in [5.41, 5.74) is 1.56. The first-order valence-corrected chi connectivity index (χ1v) is 10.0. The third-order valence-corrected chi connectivity index (χ3v) is 6.39. The first kappa shape index (κ1) is 19.4. The van der Waals surface area contributed by atoms with Crippen LogP contribution >= 0.6 is 11.3 Å². The van der Waals surface area contributed by atoms with E-state index in [2.05, 4.69) is 62.6 Å². The molecule has 0 spiro atoms. The van der Waals surface area contributed by atoms with Crippen molar-refractivity contribution in [3.8, 4) is 0 Å². The van der Waals surface area contributed by atoms with Crippen LogP contribution in [0.15, 0.2) is 35.0 Å². The van der Waals surface area contributed by atoms with E-state index in [-0.39, 0.29) is 29.0 Å². The standard InChI is InChI=1S/C20H27BO4S/c1-19(2)20(3,4)25-21(24-19)12-17(16-9-10-26-13-16)14-7-6-8-15(11-14)18(22)23-5/h6-7,9-10,12-15H,8,11H2,1-5H3/b17-12+/t14-,15-/m1/s1. The molecule has 0 N–H and O–H groups in total. The van der Waals surface area contributed by atoms with Crippen LogP contribution in [-0.4, -0.2) is 31.4 Å². The molecular weight excluding hydrogens is 347 g/mol. The largest absolute Gasteiger partial charge is 0.487 e. The summed E-state index contributed by atoms with van der Waals surface area (Å²) in [4.78, 5) is 12.0. The zero-order valence-corrected chi connectivity index (χ0v) is 17.0. The minimum atomic E-state index is -0.401. The summed E-state index contributed by atoms with van der Waals surface area (Å²) in [6, 6.07) is 2.11. The maximum absolute atomic E-state index is 12.0. The fourth-order valence-electron chi connectivity index (χ4n) is 3.44. The second kappa shape index (κ2) is 7.33. The number of ether oxygens (including phenoxy) is 1. The van der Waals surface area contributed by atoms with Gasteiger partial charge in [-0.2, -0.15) is 11.3 Å². The Bertz CT molecular complexity index is 689. The Balaban J connectivity index is 1.89.